The van der Waals surface area contributed by atoms with Gasteiger partial charge in [-0.05, 0) is 0 Å². The predicted molar refractivity (Wildman–Crippen MR) is 54.9 cm³/mol. The van der Waals surface area contributed by atoms with Crippen molar-refractivity contribution in [1.29, 1.82) is 0 Å². The highest BCUT2D eigenvalue weighted by Gasteiger charge is 2.02. The van der Waals surface area contributed by atoms with Crippen LogP contribution in [0.25, 0.3) is 0 Å². The first kappa shape index (κ1) is 8.95. The SMILES string of the molecule is Cn1cnnc1CNc1ncc(N)s1. The second-order valence-corrected chi connectivity index (χ2v) is 3.84. The zero-order valence-electron chi connectivity index (χ0n) is 7.64. The fourth-order valence-corrected chi connectivity index (χ4v) is 1.57. The maximum absolute atomic E-state index is 5.54. The third-order valence-electron chi connectivity index (χ3n) is 1.73. The van der Waals surface area contributed by atoms with Crippen molar-refractivity contribution in [2.75, 3.05) is 11.1 Å². The molecule has 7 heteroatoms. The third kappa shape index (κ3) is 1.82. The van der Waals surface area contributed by atoms with Gasteiger partial charge in [0.05, 0.1) is 12.7 Å². The van der Waals surface area contributed by atoms with Crippen molar-refractivity contribution >= 4 is 21.5 Å². The molecule has 0 aliphatic heterocycles. The predicted octanol–water partition coefficient (Wildman–Crippen LogP) is 0.466. The van der Waals surface area contributed by atoms with Crippen molar-refractivity contribution in [3.63, 3.8) is 0 Å². The largest absolute Gasteiger partial charge is 0.389 e. The number of anilines is 2. The highest BCUT2D eigenvalue weighted by molar-refractivity contribution is 7.19. The Labute approximate surface area is 84.8 Å². The smallest absolute Gasteiger partial charge is 0.184 e. The normalized spacial score (nSPS) is 10.4. The number of nitrogen functional groups attached to an aromatic ring is 1. The van der Waals surface area contributed by atoms with E-state index in [4.69, 9.17) is 5.73 Å². The van der Waals surface area contributed by atoms with E-state index in [1.54, 1.807) is 12.5 Å². The first-order valence-corrected chi connectivity index (χ1v) is 4.85. The molecule has 3 N–H and O–H groups in total. The van der Waals surface area contributed by atoms with Gasteiger partial charge in [0.25, 0.3) is 0 Å². The van der Waals surface area contributed by atoms with Crippen molar-refractivity contribution in [3.05, 3.63) is 18.3 Å². The molecule has 0 radical (unpaired) electrons. The van der Waals surface area contributed by atoms with Gasteiger partial charge in [0.15, 0.2) is 11.0 Å². The summed E-state index contributed by atoms with van der Waals surface area (Å²) in [6.45, 7) is 0.601. The van der Waals surface area contributed by atoms with Crippen molar-refractivity contribution < 1.29 is 0 Å². The summed E-state index contributed by atoms with van der Waals surface area (Å²) in [7, 11) is 1.90. The highest BCUT2D eigenvalue weighted by atomic mass is 32.1. The molecule has 0 spiro atoms. The number of aromatic nitrogens is 4. The zero-order chi connectivity index (χ0) is 9.97. The molecule has 74 valence electrons. The van der Waals surface area contributed by atoms with Gasteiger partial charge in [0.2, 0.25) is 0 Å². The summed E-state index contributed by atoms with van der Waals surface area (Å²) in [4.78, 5) is 4.07. The summed E-state index contributed by atoms with van der Waals surface area (Å²) < 4.78 is 1.85. The summed E-state index contributed by atoms with van der Waals surface area (Å²) in [6.07, 6.45) is 3.29. The minimum atomic E-state index is 0.601. The molecule has 2 aromatic heterocycles. The molecule has 0 aromatic carbocycles. The average Bonchev–Trinajstić information content (AvgIpc) is 2.72. The Morgan fingerprint density at radius 3 is 3.07 bits per heavy atom. The van der Waals surface area contributed by atoms with Gasteiger partial charge >= 0.3 is 0 Å². The van der Waals surface area contributed by atoms with Crippen LogP contribution in [0, 0.1) is 0 Å². The Kier molecular flexibility index (Phi) is 2.32. The number of hydrogen-bond donors (Lipinski definition) is 2. The van der Waals surface area contributed by atoms with E-state index >= 15 is 0 Å². The molecule has 0 aliphatic carbocycles. The molecule has 0 unspecified atom stereocenters. The standard InChI is InChI=1S/C7H10N6S/c1-13-4-11-12-6(13)3-10-7-9-2-5(8)14-7/h2,4H,3,8H2,1H3,(H,9,10). The van der Waals surface area contributed by atoms with E-state index in [0.29, 0.717) is 11.5 Å². The molecule has 0 saturated heterocycles. The number of nitrogens with one attached hydrogen (secondary N) is 1. The Morgan fingerprint density at radius 2 is 2.50 bits per heavy atom. The number of thiazole rings is 1. The van der Waals surface area contributed by atoms with Crippen LogP contribution >= 0.6 is 11.3 Å². The molecule has 6 nitrogen and oxygen atoms in total. The van der Waals surface area contributed by atoms with Gasteiger partial charge in [-0.2, -0.15) is 0 Å². The van der Waals surface area contributed by atoms with Crippen LogP contribution in [-0.2, 0) is 13.6 Å². The lowest BCUT2D eigenvalue weighted by atomic mass is 10.6. The second kappa shape index (κ2) is 3.62. The Bertz CT molecular complexity index is 419. The summed E-state index contributed by atoms with van der Waals surface area (Å²) >= 11 is 1.41. The van der Waals surface area contributed by atoms with Crippen LogP contribution in [0.1, 0.15) is 5.82 Å². The molecule has 0 atom stereocenters. The molecule has 14 heavy (non-hydrogen) atoms. The van der Waals surface area contributed by atoms with Crippen LogP contribution in [0.4, 0.5) is 10.1 Å². The van der Waals surface area contributed by atoms with E-state index in [1.165, 1.54) is 11.3 Å². The molecular formula is C7H10N6S. The molecule has 0 bridgehead atoms. The van der Waals surface area contributed by atoms with Crippen molar-refractivity contribution in [1.82, 2.24) is 19.7 Å². The van der Waals surface area contributed by atoms with Crippen molar-refractivity contribution in [3.8, 4) is 0 Å². The van der Waals surface area contributed by atoms with E-state index in [0.717, 1.165) is 11.0 Å². The number of nitrogens with two attached hydrogens (primary N) is 1. The van der Waals surface area contributed by atoms with Crippen molar-refractivity contribution in [2.24, 2.45) is 7.05 Å². The van der Waals surface area contributed by atoms with E-state index < -0.39 is 0 Å². The number of nitrogens with zero attached hydrogens (tertiary/aromatic N) is 4. The third-order valence-corrected chi connectivity index (χ3v) is 2.51. The quantitative estimate of drug-likeness (QED) is 0.769. The minimum absolute atomic E-state index is 0.601. The van der Waals surface area contributed by atoms with Gasteiger partial charge in [-0.3, -0.25) is 0 Å². The van der Waals surface area contributed by atoms with Gasteiger partial charge in [-0.25, -0.2) is 4.98 Å². The van der Waals surface area contributed by atoms with Crippen LogP contribution in [0.3, 0.4) is 0 Å². The molecule has 0 saturated carbocycles. The maximum Gasteiger partial charge on any atom is 0.184 e. The Morgan fingerprint density at radius 1 is 1.64 bits per heavy atom. The fourth-order valence-electron chi connectivity index (χ4n) is 0.990. The van der Waals surface area contributed by atoms with Crippen LogP contribution < -0.4 is 11.1 Å². The molecule has 2 heterocycles. The van der Waals surface area contributed by atoms with Crippen LogP contribution in [0.5, 0.6) is 0 Å². The monoisotopic (exact) mass is 210 g/mol. The average molecular weight is 210 g/mol. The molecule has 0 fully saturated rings. The fraction of sp³-hybridized carbons (Fsp3) is 0.286. The number of aryl methyl sites for hydroxylation is 1. The highest BCUT2D eigenvalue weighted by Crippen LogP contribution is 2.19. The summed E-state index contributed by atoms with van der Waals surface area (Å²) in [5, 5.41) is 12.3. The molecule has 0 aliphatic rings. The van der Waals surface area contributed by atoms with Gasteiger partial charge < -0.3 is 15.6 Å². The van der Waals surface area contributed by atoms with E-state index in [2.05, 4.69) is 20.5 Å². The summed E-state index contributed by atoms with van der Waals surface area (Å²) in [5.41, 5.74) is 5.54. The van der Waals surface area contributed by atoms with Crippen LogP contribution in [0.2, 0.25) is 0 Å². The second-order valence-electron chi connectivity index (χ2n) is 2.78. The topological polar surface area (TPSA) is 81.7 Å². The first-order chi connectivity index (χ1) is 6.75. The van der Waals surface area contributed by atoms with Crippen LogP contribution in [-0.4, -0.2) is 19.7 Å². The van der Waals surface area contributed by atoms with E-state index in [1.807, 2.05) is 11.6 Å². The number of hydrogen-bond acceptors (Lipinski definition) is 6. The van der Waals surface area contributed by atoms with E-state index in [-0.39, 0.29) is 0 Å². The van der Waals surface area contributed by atoms with Gasteiger partial charge in [-0.1, -0.05) is 11.3 Å². The minimum Gasteiger partial charge on any atom is -0.389 e. The summed E-state index contributed by atoms with van der Waals surface area (Å²) in [6, 6.07) is 0. The molecule has 0 amide bonds. The van der Waals surface area contributed by atoms with Gasteiger partial charge in [0.1, 0.15) is 11.3 Å². The molecule has 2 aromatic rings. The molecule has 2 rings (SSSR count). The van der Waals surface area contributed by atoms with Crippen LogP contribution in [0.15, 0.2) is 12.5 Å². The summed E-state index contributed by atoms with van der Waals surface area (Å²) in [5.74, 6) is 0.860. The lowest BCUT2D eigenvalue weighted by Crippen LogP contribution is -2.05. The lowest BCUT2D eigenvalue weighted by molar-refractivity contribution is 0.812. The first-order valence-electron chi connectivity index (χ1n) is 4.04. The van der Waals surface area contributed by atoms with Crippen molar-refractivity contribution in [2.45, 2.75) is 6.54 Å². The Balaban J connectivity index is 1.98. The Hall–Kier alpha value is -1.63. The lowest BCUT2D eigenvalue weighted by Gasteiger charge is -2.00. The molecular weight excluding hydrogens is 200 g/mol. The number of rotatable bonds is 3. The van der Waals surface area contributed by atoms with E-state index in [9.17, 15) is 0 Å². The van der Waals surface area contributed by atoms with Gasteiger partial charge in [-0.15, -0.1) is 10.2 Å². The maximum atomic E-state index is 5.54. The van der Waals surface area contributed by atoms with Gasteiger partial charge in [0, 0.05) is 7.05 Å². The zero-order valence-corrected chi connectivity index (χ0v) is 8.45.